The molecule has 0 amide bonds. The molecule has 0 radical (unpaired) electrons. The minimum absolute atomic E-state index is 0.308. The first-order valence-electron chi connectivity index (χ1n) is 2.73. The van der Waals surface area contributed by atoms with E-state index in [-0.39, 0.29) is 0 Å². The maximum atomic E-state index is 5.07. The number of rotatable bonds is 0. The van der Waals surface area contributed by atoms with Crippen molar-refractivity contribution in [1.82, 2.24) is 0 Å². The van der Waals surface area contributed by atoms with Gasteiger partial charge in [-0.15, -0.1) is 0 Å². The predicted molar refractivity (Wildman–Crippen MR) is 31.6 cm³/mol. The Morgan fingerprint density at radius 2 is 1.75 bits per heavy atom. The van der Waals surface area contributed by atoms with E-state index in [0.717, 1.165) is 12.8 Å². The van der Waals surface area contributed by atoms with Gasteiger partial charge in [-0.1, -0.05) is 0 Å². The molecule has 1 saturated carbocycles. The van der Waals surface area contributed by atoms with Crippen molar-refractivity contribution in [2.24, 2.45) is 0 Å². The number of thiocarbonyl (C=S) groups is 1. The third-order valence-electron chi connectivity index (χ3n) is 1.65. The Bertz CT molecular complexity index is 120. The Hall–Kier alpha value is -0.310. The highest BCUT2D eigenvalue weighted by Gasteiger charge is 2.41. The zero-order chi connectivity index (χ0) is 5.56. The van der Waals surface area contributed by atoms with E-state index in [4.69, 9.17) is 9.47 Å². The van der Waals surface area contributed by atoms with Gasteiger partial charge in [-0.05, 0) is 12.8 Å². The molecule has 1 heterocycles. The standard InChI is InChI=1S/C5H6O2S/c8-5-6-3-1-2-4(3)7-5/h3-4H,1-2H2. The molecule has 0 aromatic carbocycles. The van der Waals surface area contributed by atoms with E-state index in [0.29, 0.717) is 17.4 Å². The van der Waals surface area contributed by atoms with Gasteiger partial charge in [0.05, 0.1) is 0 Å². The summed E-state index contributed by atoms with van der Waals surface area (Å²) in [5, 5.41) is 0.345. The molecule has 0 spiro atoms. The molecule has 3 heteroatoms. The van der Waals surface area contributed by atoms with E-state index in [9.17, 15) is 0 Å². The summed E-state index contributed by atoms with van der Waals surface area (Å²) in [5.74, 6) is 0. The second kappa shape index (κ2) is 1.35. The van der Waals surface area contributed by atoms with Crippen molar-refractivity contribution < 1.29 is 9.47 Å². The molecule has 0 bridgehead atoms. The van der Waals surface area contributed by atoms with Gasteiger partial charge in [0.25, 0.3) is 0 Å². The van der Waals surface area contributed by atoms with Gasteiger partial charge in [0, 0.05) is 12.2 Å². The van der Waals surface area contributed by atoms with Crippen LogP contribution in [0.5, 0.6) is 0 Å². The van der Waals surface area contributed by atoms with Crippen molar-refractivity contribution >= 4 is 17.5 Å². The normalized spacial score (nSPS) is 41.8. The molecule has 2 rings (SSSR count). The molecule has 1 saturated heterocycles. The van der Waals surface area contributed by atoms with E-state index < -0.39 is 0 Å². The minimum Gasteiger partial charge on any atom is -0.450 e. The van der Waals surface area contributed by atoms with Gasteiger partial charge < -0.3 is 9.47 Å². The Morgan fingerprint density at radius 3 is 2.00 bits per heavy atom. The van der Waals surface area contributed by atoms with Crippen molar-refractivity contribution in [2.45, 2.75) is 25.0 Å². The number of ether oxygens (including phenoxy) is 2. The molecule has 8 heavy (non-hydrogen) atoms. The molecule has 2 fully saturated rings. The van der Waals surface area contributed by atoms with Crippen LogP contribution in [0, 0.1) is 0 Å². The van der Waals surface area contributed by atoms with E-state index in [1.807, 2.05) is 0 Å². The van der Waals surface area contributed by atoms with Crippen molar-refractivity contribution in [3.63, 3.8) is 0 Å². The molecule has 1 aliphatic carbocycles. The molecular weight excluding hydrogens is 124 g/mol. The first kappa shape index (κ1) is 4.56. The second-order valence-electron chi connectivity index (χ2n) is 2.14. The summed E-state index contributed by atoms with van der Waals surface area (Å²) in [5.41, 5.74) is 0. The number of hydrogen-bond acceptors (Lipinski definition) is 3. The smallest absolute Gasteiger partial charge is 0.353 e. The van der Waals surface area contributed by atoms with Crippen LogP contribution in [0.1, 0.15) is 12.8 Å². The SMILES string of the molecule is S=C1OC2CCC2O1. The topological polar surface area (TPSA) is 18.5 Å². The first-order valence-corrected chi connectivity index (χ1v) is 3.14. The van der Waals surface area contributed by atoms with Gasteiger partial charge in [0.2, 0.25) is 0 Å². The monoisotopic (exact) mass is 130 g/mol. The van der Waals surface area contributed by atoms with Crippen LogP contribution in [0.25, 0.3) is 0 Å². The maximum Gasteiger partial charge on any atom is 0.353 e. The first-order chi connectivity index (χ1) is 3.86. The van der Waals surface area contributed by atoms with E-state index in [1.165, 1.54) is 0 Å². The average Bonchev–Trinajstić information content (AvgIpc) is 1.91. The maximum absolute atomic E-state index is 5.07. The van der Waals surface area contributed by atoms with Crippen LogP contribution < -0.4 is 0 Å². The lowest BCUT2D eigenvalue weighted by Gasteiger charge is -2.23. The van der Waals surface area contributed by atoms with Crippen molar-refractivity contribution in [3.05, 3.63) is 0 Å². The average molecular weight is 130 g/mol. The van der Waals surface area contributed by atoms with Gasteiger partial charge >= 0.3 is 5.24 Å². The van der Waals surface area contributed by atoms with Crippen LogP contribution >= 0.6 is 12.2 Å². The van der Waals surface area contributed by atoms with Crippen LogP contribution in [-0.2, 0) is 9.47 Å². The van der Waals surface area contributed by atoms with Gasteiger partial charge in [-0.3, -0.25) is 0 Å². The number of hydrogen-bond donors (Lipinski definition) is 0. The molecule has 2 unspecified atom stereocenters. The van der Waals surface area contributed by atoms with Gasteiger partial charge in [0.1, 0.15) is 12.2 Å². The lowest BCUT2D eigenvalue weighted by atomic mass is 9.93. The summed E-state index contributed by atoms with van der Waals surface area (Å²) in [6, 6.07) is 0. The predicted octanol–water partition coefficient (Wildman–Crippen LogP) is 0.849. The highest BCUT2D eigenvalue weighted by atomic mass is 32.1. The molecule has 1 aliphatic heterocycles. The van der Waals surface area contributed by atoms with Gasteiger partial charge in [-0.2, -0.15) is 0 Å². The fraction of sp³-hybridized carbons (Fsp3) is 0.800. The summed E-state index contributed by atoms with van der Waals surface area (Å²) < 4.78 is 10.1. The Kier molecular flexibility index (Phi) is 0.766. The summed E-state index contributed by atoms with van der Waals surface area (Å²) in [4.78, 5) is 0. The Labute approximate surface area is 52.8 Å². The lowest BCUT2D eigenvalue weighted by Crippen LogP contribution is -2.33. The zero-order valence-electron chi connectivity index (χ0n) is 4.29. The summed E-state index contributed by atoms with van der Waals surface area (Å²) in [6.45, 7) is 0. The van der Waals surface area contributed by atoms with Crippen molar-refractivity contribution in [3.8, 4) is 0 Å². The fourth-order valence-corrected chi connectivity index (χ4v) is 1.23. The van der Waals surface area contributed by atoms with Crippen LogP contribution in [0.4, 0.5) is 0 Å². The van der Waals surface area contributed by atoms with Crippen LogP contribution in [0.15, 0.2) is 0 Å². The molecule has 0 N–H and O–H groups in total. The molecule has 0 aromatic rings. The molecule has 2 atom stereocenters. The fourth-order valence-electron chi connectivity index (χ4n) is 0.983. The van der Waals surface area contributed by atoms with E-state index in [2.05, 4.69) is 12.2 Å². The highest BCUT2D eigenvalue weighted by molar-refractivity contribution is 7.79. The lowest BCUT2D eigenvalue weighted by molar-refractivity contribution is 0.0620. The van der Waals surface area contributed by atoms with E-state index in [1.54, 1.807) is 0 Å². The third kappa shape index (κ3) is 0.449. The summed E-state index contributed by atoms with van der Waals surface area (Å²) >= 11 is 4.67. The van der Waals surface area contributed by atoms with Gasteiger partial charge in [0.15, 0.2) is 0 Å². The van der Waals surface area contributed by atoms with Gasteiger partial charge in [-0.25, -0.2) is 0 Å². The second-order valence-corrected chi connectivity index (χ2v) is 2.47. The molecule has 2 nitrogen and oxygen atoms in total. The molecule has 2 aliphatic rings. The molecule has 0 aromatic heterocycles. The number of fused-ring (bicyclic) bond motifs is 1. The van der Waals surface area contributed by atoms with Crippen LogP contribution in [0.3, 0.4) is 0 Å². The third-order valence-corrected chi connectivity index (χ3v) is 1.84. The highest BCUT2D eigenvalue weighted by Crippen LogP contribution is 2.32. The molecular formula is C5H6O2S. The van der Waals surface area contributed by atoms with Crippen LogP contribution in [0.2, 0.25) is 0 Å². The van der Waals surface area contributed by atoms with Crippen molar-refractivity contribution in [2.75, 3.05) is 0 Å². The van der Waals surface area contributed by atoms with Crippen molar-refractivity contribution in [1.29, 1.82) is 0 Å². The summed E-state index contributed by atoms with van der Waals surface area (Å²) in [7, 11) is 0. The Morgan fingerprint density at radius 1 is 1.25 bits per heavy atom. The Balaban J connectivity index is 2.10. The largest absolute Gasteiger partial charge is 0.450 e. The minimum atomic E-state index is 0.308. The van der Waals surface area contributed by atoms with Crippen LogP contribution in [-0.4, -0.2) is 17.4 Å². The molecule has 44 valence electrons. The zero-order valence-corrected chi connectivity index (χ0v) is 5.11. The summed E-state index contributed by atoms with van der Waals surface area (Å²) in [6.07, 6.45) is 2.85. The van der Waals surface area contributed by atoms with E-state index >= 15 is 0 Å². The quantitative estimate of drug-likeness (QED) is 0.453.